The van der Waals surface area contributed by atoms with Crippen LogP contribution >= 0.6 is 0 Å². The second-order valence-corrected chi connectivity index (χ2v) is 29.0. The summed E-state index contributed by atoms with van der Waals surface area (Å²) in [6, 6.07) is 38.9. The lowest BCUT2D eigenvalue weighted by Gasteiger charge is -2.23. The molecule has 6 aromatic heterocycles. The lowest BCUT2D eigenvalue weighted by atomic mass is 9.98. The van der Waals surface area contributed by atoms with Crippen LogP contribution in [0.3, 0.4) is 0 Å². The number of unbranched alkanes of at least 4 members (excludes halogenated alkanes) is 6. The molecule has 100 heavy (non-hydrogen) atoms. The molecule has 12 nitrogen and oxygen atoms in total. The Morgan fingerprint density at radius 3 is 1.04 bits per heavy atom. The molecule has 12 heteroatoms. The van der Waals surface area contributed by atoms with Gasteiger partial charge in [-0.1, -0.05) is 113 Å². The number of nitrogens with zero attached hydrogens (tertiary/aromatic N) is 6. The van der Waals surface area contributed by atoms with Crippen LogP contribution in [0, 0.1) is 27.7 Å². The Morgan fingerprint density at radius 2 is 0.660 bits per heavy atom. The summed E-state index contributed by atoms with van der Waals surface area (Å²) in [5, 5.41) is 0. The van der Waals surface area contributed by atoms with Gasteiger partial charge in [0.1, 0.15) is 0 Å². The van der Waals surface area contributed by atoms with E-state index in [0.717, 1.165) is 197 Å². The minimum absolute atomic E-state index is 0.118. The summed E-state index contributed by atoms with van der Waals surface area (Å²) >= 11 is 0. The predicted octanol–water partition coefficient (Wildman–Crippen LogP) is 21.4. The smallest absolute Gasteiger partial charge is 0.223 e. The van der Waals surface area contributed by atoms with E-state index in [1.807, 2.05) is 12.1 Å². The zero-order valence-corrected chi connectivity index (χ0v) is 61.4. The third-order valence-corrected chi connectivity index (χ3v) is 22.6. The van der Waals surface area contributed by atoms with Crippen molar-refractivity contribution in [2.45, 2.75) is 212 Å². The number of hydrogen-bond acceptors (Lipinski definition) is 6. The van der Waals surface area contributed by atoms with Gasteiger partial charge in [-0.15, -0.1) is 0 Å². The van der Waals surface area contributed by atoms with E-state index in [1.54, 1.807) is 0 Å². The van der Waals surface area contributed by atoms with Crippen LogP contribution < -0.4 is 0 Å². The zero-order chi connectivity index (χ0) is 69.9. The average molecular weight is 1330 g/mol. The van der Waals surface area contributed by atoms with Gasteiger partial charge in [-0.2, -0.15) is 0 Å². The molecular formula is C88H102N10O2. The Bertz CT molecular complexity index is 4670. The maximum atomic E-state index is 15.3. The molecule has 0 fully saturated rings. The van der Waals surface area contributed by atoms with Crippen molar-refractivity contribution in [3.05, 3.63) is 210 Å². The Balaban J connectivity index is 0.998. The first kappa shape index (κ1) is 69.1. The summed E-state index contributed by atoms with van der Waals surface area (Å²) in [6.45, 7) is 28.8. The van der Waals surface area contributed by atoms with Crippen molar-refractivity contribution in [2.24, 2.45) is 0 Å². The number of carbonyl (C=O) groups excluding carboxylic acids is 2. The van der Waals surface area contributed by atoms with E-state index in [2.05, 4.69) is 210 Å². The molecular weight excluding hydrogens is 1230 g/mol. The van der Waals surface area contributed by atoms with Crippen LogP contribution in [-0.4, -0.2) is 74.6 Å². The van der Waals surface area contributed by atoms with Crippen LogP contribution in [0.25, 0.3) is 88.7 Å². The molecule has 516 valence electrons. The van der Waals surface area contributed by atoms with Crippen molar-refractivity contribution in [2.75, 3.05) is 13.1 Å². The topological polar surface area (TPSA) is 155 Å². The van der Waals surface area contributed by atoms with Gasteiger partial charge in [0.05, 0.1) is 45.6 Å². The molecule has 0 saturated heterocycles. The van der Waals surface area contributed by atoms with Crippen molar-refractivity contribution in [1.82, 2.24) is 49.7 Å². The van der Waals surface area contributed by atoms with Gasteiger partial charge in [-0.3, -0.25) is 9.59 Å². The standard InChI is InChI=1S/C88H102N10O2/c1-13-15-17-25-33-65-57(7)77-49-83-68-36-28-42-98(52-64-31-23-20-24-32-64)88(100)40-38-70-62(12)76-44-72-53(3)55(5)73(89-72)45-85-69(61(11)75(91-85)43-71-54(4)56(6)74(90-71)46-86(70)92-76)37-39-87(99)97(51-63-29-21-19-22-30-63)41-27-35-67-59(9)79(47-81(65)93-77)95-84(67)50-78-58(8)66(34-26-18-16-14-2)82(94-78)48-80(96-83)60(68)10/h19-24,29-32,43-50,91-94H,13-18,25-28,33-42,51-52H2,1-12H3. The monoisotopic (exact) mass is 1330 g/mol. The Morgan fingerprint density at radius 1 is 0.340 bits per heavy atom. The predicted molar refractivity (Wildman–Crippen MR) is 417 cm³/mol. The van der Waals surface area contributed by atoms with Crippen LogP contribution in [0.1, 0.15) is 246 Å². The molecule has 6 aliphatic heterocycles. The van der Waals surface area contributed by atoms with Gasteiger partial charge in [-0.05, 0) is 282 Å². The van der Waals surface area contributed by atoms with Gasteiger partial charge in [0.15, 0.2) is 0 Å². The number of benzene rings is 2. The molecule has 0 saturated carbocycles. The number of fused-ring (bicyclic) bond motifs is 12. The average Bonchev–Trinajstić information content (AvgIpc) is 1.63. The third kappa shape index (κ3) is 14.5. The first-order valence-corrected chi connectivity index (χ1v) is 37.3. The van der Waals surface area contributed by atoms with Gasteiger partial charge >= 0.3 is 0 Å². The summed E-state index contributed by atoms with van der Waals surface area (Å²) < 4.78 is 0. The van der Waals surface area contributed by atoms with Crippen molar-refractivity contribution in [3.8, 4) is 0 Å². The number of carbonyl (C=O) groups is 2. The van der Waals surface area contributed by atoms with Crippen LogP contribution in [0.15, 0.2) is 109 Å². The normalized spacial score (nSPS) is 15.3. The zero-order valence-electron chi connectivity index (χ0n) is 61.4. The molecule has 12 heterocycles. The van der Waals surface area contributed by atoms with E-state index in [9.17, 15) is 0 Å². The Labute approximate surface area is 591 Å². The molecule has 2 aromatic carbocycles. The number of aromatic nitrogens is 8. The van der Waals surface area contributed by atoms with E-state index >= 15 is 9.59 Å². The highest BCUT2D eigenvalue weighted by atomic mass is 16.2. The number of allylic oxidation sites excluding steroid dienone is 8. The van der Waals surface area contributed by atoms with E-state index in [-0.39, 0.29) is 11.8 Å². The summed E-state index contributed by atoms with van der Waals surface area (Å²) in [6.07, 6.45) is 15.9. The lowest BCUT2D eigenvalue weighted by molar-refractivity contribution is -0.132. The third-order valence-electron chi connectivity index (χ3n) is 22.6. The SMILES string of the molecule is CCCCCCc1c(C)c2cc3nc4cc5[nH]c(cc6nc(cc1[nH]2)C(C)=C6CCCN(Cc1ccccc1)C(=O)CCc1c(C)c2cc6nc(cc7[nH]c(cc8nc(cc1[nH]2)C(C)=C8C)c(C)c7CCC(=O)N(Cc1ccccc1)CCCC3=C4C)C(C)=C6C)c(C)c5CCCCCC. The maximum absolute atomic E-state index is 15.3. The molecule has 0 aliphatic carbocycles. The number of nitrogens with one attached hydrogen (secondary N) is 4. The number of aromatic amines is 4. The Hall–Kier alpha value is -9.42. The minimum Gasteiger partial charge on any atom is -0.355 e. The number of aryl methyl sites for hydroxylation is 8. The second kappa shape index (κ2) is 30.2. The number of amides is 2. The molecule has 0 atom stereocenters. The van der Waals surface area contributed by atoms with Gasteiger partial charge in [-0.25, -0.2) is 19.9 Å². The fraction of sp³-hybridized carbons (Fsp3) is 0.386. The summed E-state index contributed by atoms with van der Waals surface area (Å²) in [4.78, 5) is 72.6. The highest BCUT2D eigenvalue weighted by molar-refractivity contribution is 5.97. The largest absolute Gasteiger partial charge is 0.355 e. The second-order valence-electron chi connectivity index (χ2n) is 29.0. The highest BCUT2D eigenvalue weighted by Crippen LogP contribution is 2.40. The van der Waals surface area contributed by atoms with Crippen LogP contribution in [0.4, 0.5) is 0 Å². The fourth-order valence-electron chi connectivity index (χ4n) is 15.8. The first-order valence-electron chi connectivity index (χ1n) is 37.3. The van der Waals surface area contributed by atoms with Gasteiger partial charge in [0.25, 0.3) is 0 Å². The molecule has 14 rings (SSSR count). The highest BCUT2D eigenvalue weighted by Gasteiger charge is 2.26. The number of rotatable bonds is 14. The molecule has 0 spiro atoms. The quantitative estimate of drug-likeness (QED) is 0.0795. The first-order chi connectivity index (χ1) is 48.4. The van der Waals surface area contributed by atoms with E-state index in [1.165, 1.54) is 83.1 Å². The lowest BCUT2D eigenvalue weighted by Crippen LogP contribution is -2.31. The molecule has 6 aliphatic rings. The van der Waals surface area contributed by atoms with Crippen molar-refractivity contribution >= 4 is 101 Å². The van der Waals surface area contributed by atoms with Gasteiger partial charge < -0.3 is 29.7 Å². The van der Waals surface area contributed by atoms with E-state index in [4.69, 9.17) is 19.9 Å². The molecule has 0 unspecified atom stereocenters. The maximum Gasteiger partial charge on any atom is 0.223 e. The Kier molecular flexibility index (Phi) is 20.9. The van der Waals surface area contributed by atoms with Crippen LogP contribution in [0.2, 0.25) is 0 Å². The van der Waals surface area contributed by atoms with Crippen LogP contribution in [0.5, 0.6) is 0 Å². The molecule has 0 radical (unpaired) electrons. The summed E-state index contributed by atoms with van der Waals surface area (Å²) in [5.74, 6) is 0.236. The van der Waals surface area contributed by atoms with Crippen molar-refractivity contribution in [1.29, 1.82) is 0 Å². The van der Waals surface area contributed by atoms with Crippen molar-refractivity contribution < 1.29 is 9.59 Å². The van der Waals surface area contributed by atoms with Gasteiger partial charge in [0, 0.05) is 83.2 Å². The number of hydrogen-bond donors (Lipinski definition) is 4. The number of H-pyrrole nitrogens is 4. The minimum atomic E-state index is 0.118. The molecule has 8 aromatic rings. The van der Waals surface area contributed by atoms with Gasteiger partial charge in [0.2, 0.25) is 11.8 Å². The molecule has 2 amide bonds. The summed E-state index contributed by atoms with van der Waals surface area (Å²) in [7, 11) is 0. The van der Waals surface area contributed by atoms with Crippen molar-refractivity contribution in [3.63, 3.8) is 0 Å². The van der Waals surface area contributed by atoms with E-state index < -0.39 is 0 Å². The molecule has 4 N–H and O–H groups in total. The van der Waals surface area contributed by atoms with Crippen LogP contribution in [-0.2, 0) is 48.4 Å². The fourth-order valence-corrected chi connectivity index (χ4v) is 15.8. The molecule has 20 bridgehead atoms. The summed E-state index contributed by atoms with van der Waals surface area (Å²) in [5.41, 5.74) is 36.5. The van der Waals surface area contributed by atoms with E-state index in [0.29, 0.717) is 51.9 Å².